The van der Waals surface area contributed by atoms with E-state index in [2.05, 4.69) is 15.0 Å². The average molecular weight is 353 g/mol. The topological polar surface area (TPSA) is 59.2 Å². The molecule has 1 aliphatic carbocycles. The third-order valence-corrected chi connectivity index (χ3v) is 5.87. The molecule has 5 heteroatoms. The lowest BCUT2D eigenvalue weighted by Crippen LogP contribution is -2.39. The molecule has 1 aromatic carbocycles. The second kappa shape index (κ2) is 8.02. The van der Waals surface area contributed by atoms with Crippen LogP contribution >= 0.6 is 0 Å². The zero-order chi connectivity index (χ0) is 17.8. The van der Waals surface area contributed by atoms with Crippen LogP contribution in [0.3, 0.4) is 0 Å². The van der Waals surface area contributed by atoms with Crippen LogP contribution in [0.2, 0.25) is 0 Å². The molecule has 0 bridgehead atoms. The van der Waals surface area contributed by atoms with Gasteiger partial charge in [-0.1, -0.05) is 48.3 Å². The maximum absolute atomic E-state index is 12.5. The Morgan fingerprint density at radius 3 is 2.50 bits per heavy atom. The van der Waals surface area contributed by atoms with E-state index in [9.17, 15) is 4.79 Å². The van der Waals surface area contributed by atoms with Crippen LogP contribution in [-0.2, 0) is 11.2 Å². The Hall–Kier alpha value is -2.17. The Kier molecular flexibility index (Phi) is 5.32. The van der Waals surface area contributed by atoms with E-state index in [1.165, 1.54) is 25.7 Å². The van der Waals surface area contributed by atoms with Gasteiger partial charge in [-0.3, -0.25) is 4.79 Å². The fraction of sp³-hybridized carbons (Fsp3) is 0.571. The first-order valence-corrected chi connectivity index (χ1v) is 9.93. The SMILES string of the molecule is O=C(CC1CCCC1)N1CCC(Cc2nc(-c3ccccc3)no2)CC1. The third-order valence-electron chi connectivity index (χ3n) is 5.87. The first kappa shape index (κ1) is 17.3. The molecule has 26 heavy (non-hydrogen) atoms. The van der Waals surface area contributed by atoms with Gasteiger partial charge >= 0.3 is 0 Å². The quantitative estimate of drug-likeness (QED) is 0.812. The Morgan fingerprint density at radius 2 is 1.77 bits per heavy atom. The van der Waals surface area contributed by atoms with Crippen LogP contribution in [0.25, 0.3) is 11.4 Å². The van der Waals surface area contributed by atoms with E-state index in [0.29, 0.717) is 29.5 Å². The van der Waals surface area contributed by atoms with Crippen molar-refractivity contribution in [3.8, 4) is 11.4 Å². The molecular formula is C21H27N3O2. The molecule has 138 valence electrons. The number of hydrogen-bond acceptors (Lipinski definition) is 4. The predicted molar refractivity (Wildman–Crippen MR) is 99.3 cm³/mol. The molecule has 0 radical (unpaired) electrons. The molecule has 0 spiro atoms. The Morgan fingerprint density at radius 1 is 1.04 bits per heavy atom. The van der Waals surface area contributed by atoms with Crippen molar-refractivity contribution in [3.05, 3.63) is 36.2 Å². The highest BCUT2D eigenvalue weighted by molar-refractivity contribution is 5.76. The van der Waals surface area contributed by atoms with Crippen molar-refractivity contribution in [3.63, 3.8) is 0 Å². The molecule has 0 atom stereocenters. The molecule has 0 N–H and O–H groups in total. The standard InChI is InChI=1S/C21H27N3O2/c25-20(15-16-6-4-5-7-16)24-12-10-17(11-13-24)14-19-22-21(23-26-19)18-8-2-1-3-9-18/h1-3,8-9,16-17H,4-7,10-15H2. The van der Waals surface area contributed by atoms with Crippen LogP contribution in [0, 0.1) is 11.8 Å². The van der Waals surface area contributed by atoms with E-state index in [4.69, 9.17) is 4.52 Å². The largest absolute Gasteiger partial charge is 0.343 e. The van der Waals surface area contributed by atoms with Gasteiger partial charge in [-0.15, -0.1) is 0 Å². The number of carbonyl (C=O) groups is 1. The van der Waals surface area contributed by atoms with Crippen molar-refractivity contribution in [2.45, 2.75) is 51.4 Å². The highest BCUT2D eigenvalue weighted by Crippen LogP contribution is 2.29. The van der Waals surface area contributed by atoms with Crippen LogP contribution < -0.4 is 0 Å². The van der Waals surface area contributed by atoms with Crippen LogP contribution in [0.4, 0.5) is 0 Å². The summed E-state index contributed by atoms with van der Waals surface area (Å²) in [4.78, 5) is 19.1. The van der Waals surface area contributed by atoms with Gasteiger partial charge in [0, 0.05) is 31.5 Å². The highest BCUT2D eigenvalue weighted by atomic mass is 16.5. The third kappa shape index (κ3) is 4.14. The highest BCUT2D eigenvalue weighted by Gasteiger charge is 2.27. The molecule has 1 aliphatic heterocycles. The van der Waals surface area contributed by atoms with Gasteiger partial charge in [-0.2, -0.15) is 4.98 Å². The summed E-state index contributed by atoms with van der Waals surface area (Å²) < 4.78 is 5.44. The van der Waals surface area contributed by atoms with Gasteiger partial charge in [-0.25, -0.2) is 0 Å². The maximum atomic E-state index is 12.5. The van der Waals surface area contributed by atoms with E-state index >= 15 is 0 Å². The minimum Gasteiger partial charge on any atom is -0.343 e. The van der Waals surface area contributed by atoms with Gasteiger partial charge in [0.1, 0.15) is 0 Å². The van der Waals surface area contributed by atoms with Crippen LogP contribution in [0.1, 0.15) is 50.8 Å². The Bertz CT molecular complexity index is 714. The molecule has 4 rings (SSSR count). The van der Waals surface area contributed by atoms with Gasteiger partial charge in [0.2, 0.25) is 17.6 Å². The van der Waals surface area contributed by atoms with Gasteiger partial charge in [0.25, 0.3) is 0 Å². The molecule has 1 amide bonds. The number of benzene rings is 1. The fourth-order valence-corrected chi connectivity index (χ4v) is 4.27. The number of aromatic nitrogens is 2. The van der Waals surface area contributed by atoms with Crippen LogP contribution in [0.15, 0.2) is 34.9 Å². The van der Waals surface area contributed by atoms with Crippen LogP contribution in [-0.4, -0.2) is 34.0 Å². The maximum Gasteiger partial charge on any atom is 0.227 e. The monoisotopic (exact) mass is 353 g/mol. The molecule has 2 heterocycles. The van der Waals surface area contributed by atoms with Gasteiger partial charge < -0.3 is 9.42 Å². The molecular weight excluding hydrogens is 326 g/mol. The minimum absolute atomic E-state index is 0.361. The summed E-state index contributed by atoms with van der Waals surface area (Å²) in [6.45, 7) is 1.74. The first-order chi connectivity index (χ1) is 12.8. The minimum atomic E-state index is 0.361. The van der Waals surface area contributed by atoms with Crippen molar-refractivity contribution in [2.24, 2.45) is 11.8 Å². The number of piperidine rings is 1. The van der Waals surface area contributed by atoms with E-state index in [0.717, 1.165) is 44.3 Å². The van der Waals surface area contributed by atoms with E-state index in [1.54, 1.807) is 0 Å². The Labute approximate surface area is 154 Å². The molecule has 0 unspecified atom stereocenters. The van der Waals surface area contributed by atoms with Gasteiger partial charge in [-0.05, 0) is 37.5 Å². The van der Waals surface area contributed by atoms with Gasteiger partial charge in [0.05, 0.1) is 0 Å². The average Bonchev–Trinajstić information content (AvgIpc) is 3.35. The fourth-order valence-electron chi connectivity index (χ4n) is 4.27. The van der Waals surface area contributed by atoms with Crippen molar-refractivity contribution in [1.82, 2.24) is 15.0 Å². The molecule has 1 saturated carbocycles. The smallest absolute Gasteiger partial charge is 0.227 e. The second-order valence-electron chi connectivity index (χ2n) is 7.76. The molecule has 5 nitrogen and oxygen atoms in total. The number of nitrogens with zero attached hydrogens (tertiary/aromatic N) is 3. The van der Waals surface area contributed by atoms with Crippen molar-refractivity contribution < 1.29 is 9.32 Å². The number of likely N-dealkylation sites (tertiary alicyclic amines) is 1. The second-order valence-corrected chi connectivity index (χ2v) is 7.76. The number of amides is 1. The lowest BCUT2D eigenvalue weighted by Gasteiger charge is -2.32. The molecule has 2 aliphatic rings. The van der Waals surface area contributed by atoms with E-state index in [-0.39, 0.29) is 0 Å². The summed E-state index contributed by atoms with van der Waals surface area (Å²) in [7, 11) is 0. The summed E-state index contributed by atoms with van der Waals surface area (Å²) in [6.07, 6.45) is 8.70. The van der Waals surface area contributed by atoms with E-state index < -0.39 is 0 Å². The molecule has 2 fully saturated rings. The summed E-state index contributed by atoms with van der Waals surface area (Å²) in [5, 5.41) is 4.10. The molecule has 1 saturated heterocycles. The lowest BCUT2D eigenvalue weighted by molar-refractivity contribution is -0.133. The Balaban J connectivity index is 1.26. The lowest BCUT2D eigenvalue weighted by atomic mass is 9.93. The van der Waals surface area contributed by atoms with Crippen molar-refractivity contribution in [1.29, 1.82) is 0 Å². The zero-order valence-electron chi connectivity index (χ0n) is 15.3. The first-order valence-electron chi connectivity index (χ1n) is 9.93. The molecule has 1 aromatic heterocycles. The summed E-state index contributed by atoms with van der Waals surface area (Å²) >= 11 is 0. The summed E-state index contributed by atoms with van der Waals surface area (Å²) in [5.41, 5.74) is 0.981. The normalized spacial score (nSPS) is 19.2. The zero-order valence-corrected chi connectivity index (χ0v) is 15.3. The van der Waals surface area contributed by atoms with Crippen molar-refractivity contribution in [2.75, 3.05) is 13.1 Å². The van der Waals surface area contributed by atoms with Crippen LogP contribution in [0.5, 0.6) is 0 Å². The van der Waals surface area contributed by atoms with Crippen molar-refractivity contribution >= 4 is 5.91 Å². The predicted octanol–water partition coefficient (Wildman–Crippen LogP) is 4.10. The number of carbonyl (C=O) groups excluding carboxylic acids is 1. The van der Waals surface area contributed by atoms with E-state index in [1.807, 2.05) is 30.3 Å². The number of hydrogen-bond donors (Lipinski definition) is 0. The molecule has 2 aromatic rings. The number of rotatable bonds is 5. The summed E-state index contributed by atoms with van der Waals surface area (Å²) in [5.74, 6) is 2.88. The van der Waals surface area contributed by atoms with Gasteiger partial charge in [0.15, 0.2) is 0 Å². The summed E-state index contributed by atoms with van der Waals surface area (Å²) in [6, 6.07) is 9.91.